The molecule has 0 amide bonds. The summed E-state index contributed by atoms with van der Waals surface area (Å²) >= 11 is 0. The maximum Gasteiger partial charge on any atom is 0.163 e. The van der Waals surface area contributed by atoms with E-state index in [0.29, 0.717) is 12.2 Å². The van der Waals surface area contributed by atoms with Crippen molar-refractivity contribution in [2.75, 3.05) is 0 Å². The molecule has 0 radical (unpaired) electrons. The van der Waals surface area contributed by atoms with E-state index in [9.17, 15) is 4.79 Å². The van der Waals surface area contributed by atoms with Crippen LogP contribution in [0, 0.1) is 13.8 Å². The number of fused-ring (bicyclic) bond motifs is 1. The summed E-state index contributed by atoms with van der Waals surface area (Å²) in [5, 5.41) is 0. The van der Waals surface area contributed by atoms with Gasteiger partial charge in [0.15, 0.2) is 5.78 Å². The van der Waals surface area contributed by atoms with E-state index in [1.165, 1.54) is 16.7 Å². The van der Waals surface area contributed by atoms with Crippen LogP contribution in [0.1, 0.15) is 53.7 Å². The largest absolute Gasteiger partial charge is 0.294 e. The maximum absolute atomic E-state index is 11.8. The number of hydrogen-bond acceptors (Lipinski definition) is 1. The quantitative estimate of drug-likeness (QED) is 0.628. The highest BCUT2D eigenvalue weighted by Crippen LogP contribution is 2.37. The van der Waals surface area contributed by atoms with E-state index in [0.717, 1.165) is 12.0 Å². The predicted octanol–water partition coefficient (Wildman–Crippen LogP) is 3.56. The number of benzene rings is 1. The van der Waals surface area contributed by atoms with Crippen LogP contribution in [0.3, 0.4) is 0 Å². The van der Waals surface area contributed by atoms with Gasteiger partial charge in [-0.2, -0.15) is 0 Å². The third-order valence-electron chi connectivity index (χ3n) is 3.64. The molecule has 1 aliphatic rings. The van der Waals surface area contributed by atoms with Crippen molar-refractivity contribution in [1.29, 1.82) is 0 Å². The Bertz CT molecular complexity index is 427. The number of carbonyl (C=O) groups excluding carboxylic acids is 1. The molecule has 1 aromatic carbocycles. The second-order valence-corrected chi connectivity index (χ2v) is 5.29. The van der Waals surface area contributed by atoms with Crippen LogP contribution < -0.4 is 0 Å². The third-order valence-corrected chi connectivity index (χ3v) is 3.64. The van der Waals surface area contributed by atoms with Gasteiger partial charge in [-0.15, -0.1) is 0 Å². The van der Waals surface area contributed by atoms with E-state index in [4.69, 9.17) is 0 Å². The lowest BCUT2D eigenvalue weighted by atomic mass is 9.71. The summed E-state index contributed by atoms with van der Waals surface area (Å²) in [6.45, 7) is 8.65. The molecular formula is C14H18O. The van der Waals surface area contributed by atoms with Gasteiger partial charge in [-0.3, -0.25) is 4.79 Å². The Balaban J connectivity index is 2.68. The van der Waals surface area contributed by atoms with Crippen LogP contribution >= 0.6 is 0 Å². The van der Waals surface area contributed by atoms with E-state index in [1.807, 2.05) is 0 Å². The molecule has 0 atom stereocenters. The minimum atomic E-state index is 0.154. The first-order valence-corrected chi connectivity index (χ1v) is 5.57. The van der Waals surface area contributed by atoms with Crippen molar-refractivity contribution in [2.24, 2.45) is 0 Å². The van der Waals surface area contributed by atoms with Crippen molar-refractivity contribution in [1.82, 2.24) is 0 Å². The second kappa shape index (κ2) is 3.19. The molecule has 0 N–H and O–H groups in total. The first-order valence-electron chi connectivity index (χ1n) is 5.57. The molecule has 0 saturated carbocycles. The molecule has 0 unspecified atom stereocenters. The lowest BCUT2D eigenvalue weighted by molar-refractivity contribution is 0.0956. The van der Waals surface area contributed by atoms with Gasteiger partial charge in [0.05, 0.1) is 0 Å². The van der Waals surface area contributed by atoms with E-state index < -0.39 is 0 Å². The van der Waals surface area contributed by atoms with Gasteiger partial charge in [-0.05, 0) is 48.4 Å². The fraction of sp³-hybridized carbons (Fsp3) is 0.500. The standard InChI is InChI=1S/C14H18O/c1-9-7-11-12(8-10(9)2)14(3,4)6-5-13(11)15/h7-8H,5-6H2,1-4H3. The molecule has 2 rings (SSSR count). The van der Waals surface area contributed by atoms with Crippen molar-refractivity contribution in [3.63, 3.8) is 0 Å². The smallest absolute Gasteiger partial charge is 0.163 e. The Kier molecular flexibility index (Phi) is 2.22. The molecule has 15 heavy (non-hydrogen) atoms. The summed E-state index contributed by atoms with van der Waals surface area (Å²) in [5.74, 6) is 0.312. The van der Waals surface area contributed by atoms with Crippen LogP contribution in [0.25, 0.3) is 0 Å². The summed E-state index contributed by atoms with van der Waals surface area (Å²) in [6, 6.07) is 4.26. The fourth-order valence-electron chi connectivity index (χ4n) is 2.30. The number of rotatable bonds is 0. The molecule has 0 aromatic heterocycles. The number of carbonyl (C=O) groups is 1. The zero-order valence-corrected chi connectivity index (χ0v) is 9.98. The van der Waals surface area contributed by atoms with Crippen LogP contribution in [0.5, 0.6) is 0 Å². The molecule has 1 aromatic rings. The Labute approximate surface area is 91.5 Å². The molecule has 0 bridgehead atoms. The Morgan fingerprint density at radius 1 is 1.13 bits per heavy atom. The van der Waals surface area contributed by atoms with E-state index in [2.05, 4.69) is 39.8 Å². The monoisotopic (exact) mass is 202 g/mol. The molecule has 0 spiro atoms. The number of Topliss-reactive ketones (excluding diaryl/α,β-unsaturated/α-hetero) is 1. The van der Waals surface area contributed by atoms with Crippen LogP contribution in [0.2, 0.25) is 0 Å². The molecule has 1 aliphatic carbocycles. The second-order valence-electron chi connectivity index (χ2n) is 5.29. The number of ketones is 1. The van der Waals surface area contributed by atoms with Crippen molar-refractivity contribution in [3.8, 4) is 0 Å². The number of hydrogen-bond donors (Lipinski definition) is 0. The highest BCUT2D eigenvalue weighted by molar-refractivity contribution is 5.99. The molecule has 80 valence electrons. The number of aryl methyl sites for hydroxylation is 2. The topological polar surface area (TPSA) is 17.1 Å². The summed E-state index contributed by atoms with van der Waals surface area (Å²) in [4.78, 5) is 11.8. The molecule has 1 heteroatoms. The van der Waals surface area contributed by atoms with Crippen LogP contribution in [0.4, 0.5) is 0 Å². The van der Waals surface area contributed by atoms with Gasteiger partial charge in [0.25, 0.3) is 0 Å². The fourth-order valence-corrected chi connectivity index (χ4v) is 2.30. The Hall–Kier alpha value is -1.11. The molecule has 0 heterocycles. The SMILES string of the molecule is Cc1cc2c(cc1C)C(C)(C)CCC2=O. The summed E-state index contributed by atoms with van der Waals surface area (Å²) in [7, 11) is 0. The Morgan fingerprint density at radius 3 is 2.40 bits per heavy atom. The first-order chi connectivity index (χ1) is 6.92. The average molecular weight is 202 g/mol. The van der Waals surface area contributed by atoms with Gasteiger partial charge in [0, 0.05) is 12.0 Å². The molecular weight excluding hydrogens is 184 g/mol. The van der Waals surface area contributed by atoms with E-state index >= 15 is 0 Å². The van der Waals surface area contributed by atoms with Crippen molar-refractivity contribution < 1.29 is 4.79 Å². The van der Waals surface area contributed by atoms with Gasteiger partial charge in [-0.1, -0.05) is 19.9 Å². The summed E-state index contributed by atoms with van der Waals surface area (Å²) in [6.07, 6.45) is 1.67. The maximum atomic E-state index is 11.8. The van der Waals surface area contributed by atoms with Gasteiger partial charge in [0.2, 0.25) is 0 Å². The molecule has 0 saturated heterocycles. The normalized spacial score (nSPS) is 18.8. The van der Waals surface area contributed by atoms with E-state index in [-0.39, 0.29) is 5.41 Å². The minimum absolute atomic E-state index is 0.154. The third kappa shape index (κ3) is 1.60. The highest BCUT2D eigenvalue weighted by Gasteiger charge is 2.31. The van der Waals surface area contributed by atoms with Crippen LogP contribution in [0.15, 0.2) is 12.1 Å². The van der Waals surface area contributed by atoms with Crippen LogP contribution in [-0.4, -0.2) is 5.78 Å². The lowest BCUT2D eigenvalue weighted by Crippen LogP contribution is -2.27. The zero-order valence-electron chi connectivity index (χ0n) is 9.98. The lowest BCUT2D eigenvalue weighted by Gasteiger charge is -2.32. The molecule has 0 aliphatic heterocycles. The van der Waals surface area contributed by atoms with Crippen molar-refractivity contribution in [2.45, 2.75) is 46.0 Å². The predicted molar refractivity (Wildman–Crippen MR) is 62.5 cm³/mol. The average Bonchev–Trinajstić information content (AvgIpc) is 2.16. The van der Waals surface area contributed by atoms with Crippen LogP contribution in [-0.2, 0) is 5.41 Å². The van der Waals surface area contributed by atoms with Crippen molar-refractivity contribution in [3.05, 3.63) is 34.4 Å². The van der Waals surface area contributed by atoms with Gasteiger partial charge < -0.3 is 0 Å². The van der Waals surface area contributed by atoms with Gasteiger partial charge >= 0.3 is 0 Å². The highest BCUT2D eigenvalue weighted by atomic mass is 16.1. The minimum Gasteiger partial charge on any atom is -0.294 e. The van der Waals surface area contributed by atoms with Crippen molar-refractivity contribution >= 4 is 5.78 Å². The summed E-state index contributed by atoms with van der Waals surface area (Å²) < 4.78 is 0. The first kappa shape index (κ1) is 10.4. The van der Waals surface area contributed by atoms with Gasteiger partial charge in [-0.25, -0.2) is 0 Å². The van der Waals surface area contributed by atoms with E-state index in [1.54, 1.807) is 0 Å². The summed E-state index contributed by atoms with van der Waals surface area (Å²) in [5.41, 5.74) is 4.86. The molecule has 0 fully saturated rings. The Morgan fingerprint density at radius 2 is 1.73 bits per heavy atom. The molecule has 1 nitrogen and oxygen atoms in total. The zero-order chi connectivity index (χ0) is 11.2. The van der Waals surface area contributed by atoms with Gasteiger partial charge in [0.1, 0.15) is 0 Å².